The van der Waals surface area contributed by atoms with Gasteiger partial charge >= 0.3 is 6.09 Å². The molecule has 2 aromatic carbocycles. The fourth-order valence-corrected chi connectivity index (χ4v) is 2.01. The molecule has 1 N–H and O–H groups in total. The maximum atomic E-state index is 11.6. The van der Waals surface area contributed by atoms with Crippen molar-refractivity contribution in [3.05, 3.63) is 76.9 Å². The second kappa shape index (κ2) is 8.54. The van der Waals surface area contributed by atoms with E-state index in [-0.39, 0.29) is 6.61 Å². The molecule has 0 bridgehead atoms. The highest BCUT2D eigenvalue weighted by Crippen LogP contribution is 2.11. The number of carbonyl (C=O) groups is 2. The number of hydrogen-bond acceptors (Lipinski definition) is 3. The molecule has 0 heterocycles. The van der Waals surface area contributed by atoms with Crippen LogP contribution in [0, 0.1) is 6.92 Å². The lowest BCUT2D eigenvalue weighted by molar-refractivity contribution is 0.112. The van der Waals surface area contributed by atoms with Crippen LogP contribution >= 0.6 is 0 Å². The van der Waals surface area contributed by atoms with Crippen molar-refractivity contribution in [3.8, 4) is 0 Å². The highest BCUT2D eigenvalue weighted by Gasteiger charge is 2.00. The van der Waals surface area contributed by atoms with E-state index in [9.17, 15) is 9.59 Å². The van der Waals surface area contributed by atoms with Gasteiger partial charge in [-0.05, 0) is 29.7 Å². The second-order valence-corrected chi connectivity index (χ2v) is 5.08. The van der Waals surface area contributed by atoms with E-state index < -0.39 is 6.09 Å². The summed E-state index contributed by atoms with van der Waals surface area (Å²) in [5, 5.41) is 2.65. The lowest BCUT2D eigenvalue weighted by Gasteiger charge is -2.05. The topological polar surface area (TPSA) is 55.4 Å². The van der Waals surface area contributed by atoms with Crippen LogP contribution in [0.2, 0.25) is 0 Å². The molecule has 0 radical (unpaired) electrons. The third-order valence-corrected chi connectivity index (χ3v) is 3.31. The van der Waals surface area contributed by atoms with Crippen LogP contribution in [0.15, 0.2) is 54.6 Å². The molecule has 0 aliphatic carbocycles. The van der Waals surface area contributed by atoms with Crippen LogP contribution < -0.4 is 5.32 Å². The summed E-state index contributed by atoms with van der Waals surface area (Å²) in [7, 11) is 0. The van der Waals surface area contributed by atoms with Crippen molar-refractivity contribution in [2.24, 2.45) is 0 Å². The number of aldehydes is 1. The molecule has 0 spiro atoms. The Hall–Kier alpha value is -2.88. The van der Waals surface area contributed by atoms with Gasteiger partial charge in [0.2, 0.25) is 0 Å². The van der Waals surface area contributed by atoms with Crippen molar-refractivity contribution in [2.45, 2.75) is 13.5 Å². The molecule has 0 aromatic heterocycles. The highest BCUT2D eigenvalue weighted by atomic mass is 16.5. The molecule has 118 valence electrons. The first-order valence-corrected chi connectivity index (χ1v) is 7.36. The summed E-state index contributed by atoms with van der Waals surface area (Å²) in [6.07, 6.45) is 4.05. The Labute approximate surface area is 135 Å². The summed E-state index contributed by atoms with van der Waals surface area (Å²) >= 11 is 0. The smallest absolute Gasteiger partial charge is 0.407 e. The molecule has 4 heteroatoms. The van der Waals surface area contributed by atoms with Gasteiger partial charge in [0.25, 0.3) is 0 Å². The highest BCUT2D eigenvalue weighted by molar-refractivity contribution is 5.77. The van der Waals surface area contributed by atoms with Gasteiger partial charge in [-0.1, -0.05) is 54.6 Å². The minimum absolute atomic E-state index is 0.247. The van der Waals surface area contributed by atoms with E-state index in [0.29, 0.717) is 12.1 Å². The zero-order valence-electron chi connectivity index (χ0n) is 13.0. The fraction of sp³-hybridized carbons (Fsp3) is 0.158. The van der Waals surface area contributed by atoms with Gasteiger partial charge < -0.3 is 10.1 Å². The van der Waals surface area contributed by atoms with Crippen LogP contribution in [0.25, 0.3) is 6.08 Å². The first-order chi connectivity index (χ1) is 11.2. The molecule has 1 amide bonds. The minimum Gasteiger partial charge on any atom is -0.445 e. The average molecular weight is 309 g/mol. The van der Waals surface area contributed by atoms with Crippen molar-refractivity contribution in [2.75, 3.05) is 6.54 Å². The Balaban J connectivity index is 1.78. The Morgan fingerprint density at radius 2 is 1.96 bits per heavy atom. The summed E-state index contributed by atoms with van der Waals surface area (Å²) in [6.45, 7) is 2.57. The SMILES string of the molecule is Cc1ccc(C=O)cc1C=CCNC(=O)OCc1ccccc1. The molecule has 0 aliphatic heterocycles. The summed E-state index contributed by atoms with van der Waals surface area (Å²) in [6, 6.07) is 15.0. The quantitative estimate of drug-likeness (QED) is 0.827. The maximum absolute atomic E-state index is 11.6. The number of aryl methyl sites for hydroxylation is 1. The average Bonchev–Trinajstić information content (AvgIpc) is 2.59. The molecule has 0 atom stereocenters. The maximum Gasteiger partial charge on any atom is 0.407 e. The van der Waals surface area contributed by atoms with Crippen molar-refractivity contribution < 1.29 is 14.3 Å². The molecule has 4 nitrogen and oxygen atoms in total. The van der Waals surface area contributed by atoms with E-state index in [1.165, 1.54) is 0 Å². The monoisotopic (exact) mass is 309 g/mol. The number of alkyl carbamates (subject to hydrolysis) is 1. The lowest BCUT2D eigenvalue weighted by atomic mass is 10.1. The van der Waals surface area contributed by atoms with Crippen LogP contribution in [-0.2, 0) is 11.3 Å². The van der Waals surface area contributed by atoms with Gasteiger partial charge in [0.1, 0.15) is 12.9 Å². The normalized spacial score (nSPS) is 10.5. The Morgan fingerprint density at radius 3 is 2.70 bits per heavy atom. The molecule has 2 rings (SSSR count). The Kier molecular flexibility index (Phi) is 6.12. The largest absolute Gasteiger partial charge is 0.445 e. The third kappa shape index (κ3) is 5.43. The summed E-state index contributed by atoms with van der Waals surface area (Å²) < 4.78 is 5.11. The standard InChI is InChI=1S/C19H19NO3/c1-15-9-10-17(13-21)12-18(15)8-5-11-20-19(22)23-14-16-6-3-2-4-7-16/h2-10,12-13H,11,14H2,1H3,(H,20,22). The van der Waals surface area contributed by atoms with Crippen molar-refractivity contribution in [1.29, 1.82) is 0 Å². The molecule has 0 saturated carbocycles. The number of hydrogen-bond donors (Lipinski definition) is 1. The van der Waals surface area contributed by atoms with Crippen LogP contribution in [0.4, 0.5) is 4.79 Å². The van der Waals surface area contributed by atoms with E-state index in [0.717, 1.165) is 23.0 Å². The molecule has 0 unspecified atom stereocenters. The summed E-state index contributed by atoms with van der Waals surface area (Å²) in [4.78, 5) is 22.4. The van der Waals surface area contributed by atoms with E-state index in [4.69, 9.17) is 4.74 Å². The van der Waals surface area contributed by atoms with Gasteiger partial charge in [-0.25, -0.2) is 4.79 Å². The number of benzene rings is 2. The van der Waals surface area contributed by atoms with E-state index in [1.807, 2.05) is 61.5 Å². The Bertz CT molecular complexity index is 693. The zero-order valence-corrected chi connectivity index (χ0v) is 13.0. The molecular weight excluding hydrogens is 290 g/mol. The van der Waals surface area contributed by atoms with Crippen LogP contribution in [0.3, 0.4) is 0 Å². The van der Waals surface area contributed by atoms with Gasteiger partial charge in [0.15, 0.2) is 0 Å². The molecule has 23 heavy (non-hydrogen) atoms. The van der Waals surface area contributed by atoms with Gasteiger partial charge in [-0.3, -0.25) is 4.79 Å². The van der Waals surface area contributed by atoms with Crippen molar-refractivity contribution in [1.82, 2.24) is 5.32 Å². The molecule has 0 saturated heterocycles. The lowest BCUT2D eigenvalue weighted by Crippen LogP contribution is -2.24. The Morgan fingerprint density at radius 1 is 1.17 bits per heavy atom. The first kappa shape index (κ1) is 16.5. The van der Waals surface area contributed by atoms with Crippen molar-refractivity contribution in [3.63, 3.8) is 0 Å². The molecule has 2 aromatic rings. The minimum atomic E-state index is -0.461. The van der Waals surface area contributed by atoms with E-state index >= 15 is 0 Å². The van der Waals surface area contributed by atoms with Gasteiger partial charge in [0.05, 0.1) is 0 Å². The predicted octanol–water partition coefficient (Wildman–Crippen LogP) is 3.75. The molecular formula is C19H19NO3. The second-order valence-electron chi connectivity index (χ2n) is 5.08. The van der Waals surface area contributed by atoms with Crippen LogP contribution in [0.5, 0.6) is 0 Å². The van der Waals surface area contributed by atoms with Gasteiger partial charge in [-0.15, -0.1) is 0 Å². The molecule has 0 aliphatic rings. The van der Waals surface area contributed by atoms with Gasteiger partial charge in [-0.2, -0.15) is 0 Å². The third-order valence-electron chi connectivity index (χ3n) is 3.31. The number of rotatable bonds is 6. The van der Waals surface area contributed by atoms with Crippen molar-refractivity contribution >= 4 is 18.5 Å². The number of amides is 1. The first-order valence-electron chi connectivity index (χ1n) is 7.36. The van der Waals surface area contributed by atoms with Crippen LogP contribution in [-0.4, -0.2) is 18.9 Å². The summed E-state index contributed by atoms with van der Waals surface area (Å²) in [5.41, 5.74) is 3.59. The zero-order chi connectivity index (χ0) is 16.5. The number of carbonyl (C=O) groups excluding carboxylic acids is 2. The number of ether oxygens (including phenoxy) is 1. The van der Waals surface area contributed by atoms with Gasteiger partial charge in [0, 0.05) is 12.1 Å². The fourth-order valence-electron chi connectivity index (χ4n) is 2.01. The van der Waals surface area contributed by atoms with E-state index in [2.05, 4.69) is 5.32 Å². The van der Waals surface area contributed by atoms with E-state index in [1.54, 1.807) is 6.07 Å². The van der Waals surface area contributed by atoms with Crippen LogP contribution in [0.1, 0.15) is 27.0 Å². The summed E-state index contributed by atoms with van der Waals surface area (Å²) in [5.74, 6) is 0. The number of nitrogens with one attached hydrogen (secondary N) is 1. The molecule has 0 fully saturated rings. The predicted molar refractivity (Wildman–Crippen MR) is 90.2 cm³/mol.